The van der Waals surface area contributed by atoms with E-state index in [1.54, 1.807) is 4.68 Å². The van der Waals surface area contributed by atoms with Crippen LogP contribution in [-0.4, -0.2) is 21.5 Å². The quantitative estimate of drug-likeness (QED) is 0.661. The van der Waals surface area contributed by atoms with Gasteiger partial charge in [0.15, 0.2) is 5.78 Å². The first-order valence-corrected chi connectivity index (χ1v) is 9.85. The van der Waals surface area contributed by atoms with E-state index in [2.05, 4.69) is 5.32 Å². The predicted octanol–water partition coefficient (Wildman–Crippen LogP) is 4.72. The fourth-order valence-electron chi connectivity index (χ4n) is 4.01. The molecule has 1 N–H and O–H groups in total. The Bertz CT molecular complexity index is 1160. The molecule has 148 valence electrons. The number of hydrogen-bond acceptors (Lipinski definition) is 3. The summed E-state index contributed by atoms with van der Waals surface area (Å²) < 4.78 is 1.77. The first-order valence-electron chi connectivity index (χ1n) is 9.85. The van der Waals surface area contributed by atoms with Gasteiger partial charge in [-0.05, 0) is 69.0 Å². The highest BCUT2D eigenvalue weighted by Gasteiger charge is 2.36. The molecule has 0 fully saturated rings. The van der Waals surface area contributed by atoms with Crippen LogP contribution in [-0.2, 0) is 4.79 Å². The van der Waals surface area contributed by atoms with Gasteiger partial charge in [0.2, 0.25) is 5.91 Å². The van der Waals surface area contributed by atoms with Gasteiger partial charge in [-0.1, -0.05) is 24.3 Å². The number of aryl methyl sites for hydroxylation is 4. The van der Waals surface area contributed by atoms with Gasteiger partial charge >= 0.3 is 0 Å². The molecule has 2 aromatic carbocycles. The second-order valence-corrected chi connectivity index (χ2v) is 7.95. The minimum atomic E-state index is -0.528. The van der Waals surface area contributed by atoms with Crippen molar-refractivity contribution in [1.82, 2.24) is 9.78 Å². The number of anilines is 1. The number of carbonyl (C=O) groups is 2. The van der Waals surface area contributed by atoms with Crippen LogP contribution in [0.5, 0.6) is 0 Å². The van der Waals surface area contributed by atoms with E-state index in [0.29, 0.717) is 11.4 Å². The van der Waals surface area contributed by atoms with E-state index >= 15 is 0 Å². The van der Waals surface area contributed by atoms with Crippen LogP contribution in [0.2, 0.25) is 0 Å². The fourth-order valence-corrected chi connectivity index (χ4v) is 4.01. The molecule has 5 heteroatoms. The Morgan fingerprint density at radius 3 is 2.52 bits per heavy atom. The van der Waals surface area contributed by atoms with Crippen LogP contribution in [0.3, 0.4) is 0 Å². The molecular weight excluding hydrogens is 362 g/mol. The molecule has 4 rings (SSSR count). The summed E-state index contributed by atoms with van der Waals surface area (Å²) in [5.74, 6) is -0.117. The van der Waals surface area contributed by atoms with E-state index in [1.165, 1.54) is 0 Å². The summed E-state index contributed by atoms with van der Waals surface area (Å²) in [5, 5.41) is 7.67. The van der Waals surface area contributed by atoms with Crippen molar-refractivity contribution in [2.24, 2.45) is 0 Å². The molecule has 1 aromatic heterocycles. The van der Waals surface area contributed by atoms with Gasteiger partial charge in [-0.15, -0.1) is 0 Å². The molecule has 5 nitrogen and oxygen atoms in total. The number of rotatable bonds is 3. The number of ketones is 1. The van der Waals surface area contributed by atoms with Gasteiger partial charge in [-0.2, -0.15) is 5.10 Å². The van der Waals surface area contributed by atoms with Gasteiger partial charge < -0.3 is 5.32 Å². The number of hydrogen-bond donors (Lipinski definition) is 1. The number of nitrogens with one attached hydrogen (secondary N) is 1. The average Bonchev–Trinajstić information content (AvgIpc) is 3.01. The third-order valence-corrected chi connectivity index (χ3v) is 6.01. The summed E-state index contributed by atoms with van der Waals surface area (Å²) in [6, 6.07) is 11.7. The molecule has 1 amide bonds. The third kappa shape index (κ3) is 3.16. The molecule has 2 heterocycles. The molecule has 1 atom stereocenters. The van der Waals surface area contributed by atoms with Crippen molar-refractivity contribution in [3.63, 3.8) is 0 Å². The van der Waals surface area contributed by atoms with Crippen molar-refractivity contribution < 1.29 is 9.59 Å². The molecule has 0 spiro atoms. The number of nitrogens with zero attached hydrogens (tertiary/aromatic N) is 2. The molecule has 3 aromatic rings. The Labute approximate surface area is 170 Å². The first kappa shape index (κ1) is 19.1. The molecule has 1 aliphatic heterocycles. The van der Waals surface area contributed by atoms with Crippen molar-refractivity contribution in [2.75, 3.05) is 5.32 Å². The monoisotopic (exact) mass is 387 g/mol. The van der Waals surface area contributed by atoms with Gasteiger partial charge in [0, 0.05) is 17.5 Å². The van der Waals surface area contributed by atoms with Crippen molar-refractivity contribution in [3.8, 4) is 5.69 Å². The smallest absolute Gasteiger partial charge is 0.226 e. The van der Waals surface area contributed by atoms with Crippen LogP contribution in [0.4, 0.5) is 5.82 Å². The van der Waals surface area contributed by atoms with Crippen molar-refractivity contribution >= 4 is 17.5 Å². The maximum atomic E-state index is 13.4. The Hall–Kier alpha value is -3.21. The lowest BCUT2D eigenvalue weighted by Crippen LogP contribution is -2.28. The van der Waals surface area contributed by atoms with E-state index < -0.39 is 5.92 Å². The highest BCUT2D eigenvalue weighted by atomic mass is 16.2. The molecule has 0 bridgehead atoms. The van der Waals surface area contributed by atoms with Crippen LogP contribution in [0.15, 0.2) is 36.4 Å². The minimum Gasteiger partial charge on any atom is -0.310 e. The second-order valence-electron chi connectivity index (χ2n) is 7.95. The zero-order valence-corrected chi connectivity index (χ0v) is 17.5. The number of aromatic nitrogens is 2. The van der Waals surface area contributed by atoms with Crippen LogP contribution < -0.4 is 5.32 Å². The summed E-state index contributed by atoms with van der Waals surface area (Å²) in [6.07, 6.45) is 0.137. The lowest BCUT2D eigenvalue weighted by atomic mass is 9.85. The molecule has 0 radical (unpaired) electrons. The number of amides is 1. The standard InChI is InChI=1S/C24H25N3O2/c1-13-9-10-18(11-15(13)3)23(29)19-12-21(28)25-24-22(19)17(5)26-27(24)20-8-6-7-14(2)16(20)4/h6-11,19H,12H2,1-5H3,(H,25,28). The molecule has 1 unspecified atom stereocenters. The number of fused-ring (bicyclic) bond motifs is 1. The van der Waals surface area contributed by atoms with Gasteiger partial charge in [-0.3, -0.25) is 9.59 Å². The van der Waals surface area contributed by atoms with E-state index in [1.807, 2.05) is 71.0 Å². The summed E-state index contributed by atoms with van der Waals surface area (Å²) in [4.78, 5) is 25.9. The maximum absolute atomic E-state index is 13.4. The van der Waals surface area contributed by atoms with Crippen molar-refractivity contribution in [3.05, 3.63) is 75.5 Å². The van der Waals surface area contributed by atoms with Crippen LogP contribution in [0, 0.1) is 34.6 Å². The average molecular weight is 387 g/mol. The minimum absolute atomic E-state index is 0.0344. The van der Waals surface area contributed by atoms with Crippen molar-refractivity contribution in [1.29, 1.82) is 0 Å². The number of carbonyl (C=O) groups excluding carboxylic acids is 2. The summed E-state index contributed by atoms with van der Waals surface area (Å²) in [5.41, 5.74) is 7.58. The summed E-state index contributed by atoms with van der Waals surface area (Å²) in [7, 11) is 0. The lowest BCUT2D eigenvalue weighted by Gasteiger charge is -2.24. The van der Waals surface area contributed by atoms with Crippen LogP contribution >= 0.6 is 0 Å². The molecular formula is C24H25N3O2. The lowest BCUT2D eigenvalue weighted by molar-refractivity contribution is -0.116. The summed E-state index contributed by atoms with van der Waals surface area (Å²) >= 11 is 0. The second kappa shape index (κ2) is 6.99. The van der Waals surface area contributed by atoms with Crippen molar-refractivity contribution in [2.45, 2.75) is 47.0 Å². The number of benzene rings is 2. The summed E-state index contributed by atoms with van der Waals surface area (Å²) in [6.45, 7) is 10.0. The van der Waals surface area contributed by atoms with E-state index in [9.17, 15) is 9.59 Å². The molecule has 0 aliphatic carbocycles. The van der Waals surface area contributed by atoms with Gasteiger partial charge in [0.05, 0.1) is 17.3 Å². The largest absolute Gasteiger partial charge is 0.310 e. The Kier molecular flexibility index (Phi) is 4.61. The highest BCUT2D eigenvalue weighted by molar-refractivity contribution is 6.08. The van der Waals surface area contributed by atoms with Gasteiger partial charge in [0.25, 0.3) is 0 Å². The topological polar surface area (TPSA) is 64.0 Å². The molecule has 0 saturated carbocycles. The fraction of sp³-hybridized carbons (Fsp3) is 0.292. The predicted molar refractivity (Wildman–Crippen MR) is 114 cm³/mol. The van der Waals surface area contributed by atoms with Gasteiger partial charge in [0.1, 0.15) is 5.82 Å². The Morgan fingerprint density at radius 2 is 1.79 bits per heavy atom. The van der Waals surface area contributed by atoms with E-state index in [0.717, 1.165) is 39.2 Å². The highest BCUT2D eigenvalue weighted by Crippen LogP contribution is 2.39. The molecule has 29 heavy (non-hydrogen) atoms. The van der Waals surface area contributed by atoms with E-state index in [-0.39, 0.29) is 18.1 Å². The normalized spacial score (nSPS) is 15.8. The molecule has 0 saturated heterocycles. The Balaban J connectivity index is 1.85. The SMILES string of the molecule is Cc1ccc(C(=O)C2CC(=O)Nc3c2c(C)nn3-c2cccc(C)c2C)cc1C. The molecule has 1 aliphatic rings. The zero-order valence-electron chi connectivity index (χ0n) is 17.5. The van der Waals surface area contributed by atoms with Crippen LogP contribution in [0.25, 0.3) is 5.69 Å². The first-order chi connectivity index (χ1) is 13.8. The van der Waals surface area contributed by atoms with E-state index in [4.69, 9.17) is 5.10 Å². The Morgan fingerprint density at radius 1 is 1.03 bits per heavy atom. The van der Waals surface area contributed by atoms with Crippen LogP contribution in [0.1, 0.15) is 56.2 Å². The zero-order chi connectivity index (χ0) is 20.9. The third-order valence-electron chi connectivity index (χ3n) is 6.01. The maximum Gasteiger partial charge on any atom is 0.226 e. The van der Waals surface area contributed by atoms with Gasteiger partial charge in [-0.25, -0.2) is 4.68 Å². The number of Topliss-reactive ketones (excluding diaryl/α,β-unsaturated/α-hetero) is 1.